The maximum Gasteiger partial charge on any atom is 0.244 e. The molecule has 1 N–H and O–H groups in total. The Morgan fingerprint density at radius 2 is 1.42 bits per heavy atom. The Morgan fingerprint density at radius 1 is 0.840 bits per heavy atom. The van der Waals surface area contributed by atoms with Crippen molar-refractivity contribution < 1.29 is 27.1 Å². The first-order chi connectivity index (χ1) is 24.0. The lowest BCUT2D eigenvalue weighted by atomic mass is 10.1. The Hall–Kier alpha value is -4.94. The standard InChI is InChI=1S/C37H31Cl2FN4O5S/c1-48-30-15-7-24(8-16-30)22-43(23-25-9-17-31(49-2)18-10-25)50(46,47)34-21-28(41-35(45)19-26-5-3-4-6-32(26)38)20-33-36(34)37(39)42-44(33)29-13-11-27(40)12-14-29/h3-18,20-21H,19,22-23H2,1-2H3,(H,41,45). The summed E-state index contributed by atoms with van der Waals surface area (Å²) in [6.45, 7) is -0.0146. The van der Waals surface area contributed by atoms with E-state index in [0.717, 1.165) is 0 Å². The van der Waals surface area contributed by atoms with Crippen LogP contribution in [0.5, 0.6) is 11.5 Å². The summed E-state index contributed by atoms with van der Waals surface area (Å²) in [7, 11) is -1.27. The fraction of sp³-hybridized carbons (Fsp3) is 0.135. The minimum Gasteiger partial charge on any atom is -0.497 e. The van der Waals surface area contributed by atoms with Crippen LogP contribution in [0.15, 0.2) is 114 Å². The predicted octanol–water partition coefficient (Wildman–Crippen LogP) is 8.06. The Morgan fingerprint density at radius 3 is 1.98 bits per heavy atom. The highest BCUT2D eigenvalue weighted by Gasteiger charge is 2.31. The average molecular weight is 734 g/mol. The second-order valence-electron chi connectivity index (χ2n) is 11.3. The number of carbonyl (C=O) groups is 1. The monoisotopic (exact) mass is 732 g/mol. The molecule has 0 atom stereocenters. The normalized spacial score (nSPS) is 11.6. The Balaban J connectivity index is 1.49. The Kier molecular flexibility index (Phi) is 10.4. The van der Waals surface area contributed by atoms with Crippen molar-refractivity contribution in [1.82, 2.24) is 14.1 Å². The molecule has 0 aliphatic carbocycles. The number of anilines is 1. The molecule has 6 rings (SSSR count). The molecule has 0 radical (unpaired) electrons. The van der Waals surface area contributed by atoms with Gasteiger partial charge < -0.3 is 14.8 Å². The van der Waals surface area contributed by atoms with Gasteiger partial charge in [0, 0.05) is 23.8 Å². The van der Waals surface area contributed by atoms with Crippen LogP contribution in [0.2, 0.25) is 10.2 Å². The van der Waals surface area contributed by atoms with Crippen molar-refractivity contribution in [1.29, 1.82) is 0 Å². The molecular formula is C37H31Cl2FN4O5S. The number of nitrogens with one attached hydrogen (secondary N) is 1. The van der Waals surface area contributed by atoms with E-state index >= 15 is 0 Å². The summed E-state index contributed by atoms with van der Waals surface area (Å²) < 4.78 is 57.0. The molecule has 1 amide bonds. The fourth-order valence-electron chi connectivity index (χ4n) is 5.48. The molecule has 5 aromatic carbocycles. The van der Waals surface area contributed by atoms with Crippen LogP contribution in [-0.4, -0.2) is 42.6 Å². The number of ether oxygens (including phenoxy) is 2. The van der Waals surface area contributed by atoms with Crippen LogP contribution in [-0.2, 0) is 34.3 Å². The first-order valence-corrected chi connectivity index (χ1v) is 17.5. The summed E-state index contributed by atoms with van der Waals surface area (Å²) in [5.41, 5.74) is 2.91. The van der Waals surface area contributed by atoms with Gasteiger partial charge in [0.25, 0.3) is 0 Å². The molecule has 256 valence electrons. The zero-order valence-electron chi connectivity index (χ0n) is 26.9. The second kappa shape index (κ2) is 14.9. The van der Waals surface area contributed by atoms with Gasteiger partial charge in [0.1, 0.15) is 17.3 Å². The van der Waals surface area contributed by atoms with E-state index in [2.05, 4.69) is 10.4 Å². The number of aromatic nitrogens is 2. The van der Waals surface area contributed by atoms with E-state index in [0.29, 0.717) is 38.9 Å². The van der Waals surface area contributed by atoms with Crippen molar-refractivity contribution in [2.45, 2.75) is 24.4 Å². The Bertz CT molecular complexity index is 2210. The first-order valence-electron chi connectivity index (χ1n) is 15.3. The van der Waals surface area contributed by atoms with Gasteiger partial charge in [-0.1, -0.05) is 65.7 Å². The number of methoxy groups -OCH3 is 2. The molecule has 0 spiro atoms. The summed E-state index contributed by atoms with van der Waals surface area (Å²) in [6.07, 6.45) is -0.0567. The van der Waals surface area contributed by atoms with Gasteiger partial charge in [-0.05, 0) is 83.4 Å². The summed E-state index contributed by atoms with van der Waals surface area (Å²) in [4.78, 5) is 13.1. The van der Waals surface area contributed by atoms with E-state index < -0.39 is 21.7 Å². The third-order valence-electron chi connectivity index (χ3n) is 8.02. The van der Waals surface area contributed by atoms with Crippen LogP contribution in [0.25, 0.3) is 16.6 Å². The fourth-order valence-corrected chi connectivity index (χ4v) is 7.66. The van der Waals surface area contributed by atoms with Crippen LogP contribution in [0.4, 0.5) is 10.1 Å². The van der Waals surface area contributed by atoms with Crippen LogP contribution in [0.1, 0.15) is 16.7 Å². The molecular weight excluding hydrogens is 702 g/mol. The largest absolute Gasteiger partial charge is 0.497 e. The molecule has 0 unspecified atom stereocenters. The van der Waals surface area contributed by atoms with Gasteiger partial charge in [0.2, 0.25) is 15.9 Å². The lowest BCUT2D eigenvalue weighted by Crippen LogP contribution is -2.30. The van der Waals surface area contributed by atoms with Crippen LogP contribution in [0, 0.1) is 5.82 Å². The molecule has 0 saturated carbocycles. The van der Waals surface area contributed by atoms with E-state index in [1.807, 2.05) is 0 Å². The maximum absolute atomic E-state index is 14.9. The quantitative estimate of drug-likeness (QED) is 0.137. The molecule has 50 heavy (non-hydrogen) atoms. The molecule has 13 heteroatoms. The topological polar surface area (TPSA) is 103 Å². The van der Waals surface area contributed by atoms with Crippen molar-refractivity contribution in [3.05, 3.63) is 142 Å². The molecule has 0 saturated heterocycles. The lowest BCUT2D eigenvalue weighted by molar-refractivity contribution is -0.115. The highest BCUT2D eigenvalue weighted by molar-refractivity contribution is 7.89. The van der Waals surface area contributed by atoms with Gasteiger partial charge >= 0.3 is 0 Å². The zero-order valence-corrected chi connectivity index (χ0v) is 29.3. The summed E-state index contributed by atoms with van der Waals surface area (Å²) in [5.74, 6) is 0.369. The first kappa shape index (κ1) is 34.9. The van der Waals surface area contributed by atoms with Crippen LogP contribution in [0.3, 0.4) is 0 Å². The molecule has 1 heterocycles. The van der Waals surface area contributed by atoms with Gasteiger partial charge in [-0.15, -0.1) is 0 Å². The van der Waals surface area contributed by atoms with E-state index in [9.17, 15) is 17.6 Å². The van der Waals surface area contributed by atoms with Gasteiger partial charge in [0.15, 0.2) is 5.15 Å². The molecule has 0 aliphatic rings. The molecule has 1 aromatic heterocycles. The van der Waals surface area contributed by atoms with Crippen molar-refractivity contribution >= 4 is 55.7 Å². The van der Waals surface area contributed by atoms with Crippen molar-refractivity contribution in [3.63, 3.8) is 0 Å². The number of amides is 1. The van der Waals surface area contributed by atoms with Crippen LogP contribution >= 0.6 is 23.2 Å². The van der Waals surface area contributed by atoms with E-state index in [-0.39, 0.29) is 46.1 Å². The van der Waals surface area contributed by atoms with E-state index in [1.165, 1.54) is 39.3 Å². The number of hydrogen-bond donors (Lipinski definition) is 1. The van der Waals surface area contributed by atoms with E-state index in [1.54, 1.807) is 93.1 Å². The number of halogens is 3. The number of sulfonamides is 1. The summed E-state index contributed by atoms with van der Waals surface area (Å²) >= 11 is 13.0. The van der Waals surface area contributed by atoms with Crippen molar-refractivity contribution in [3.8, 4) is 17.2 Å². The number of benzene rings is 5. The van der Waals surface area contributed by atoms with Crippen molar-refractivity contribution in [2.24, 2.45) is 0 Å². The minimum absolute atomic E-state index is 0.00728. The van der Waals surface area contributed by atoms with Gasteiger partial charge in [-0.2, -0.15) is 9.40 Å². The number of nitrogens with zero attached hydrogens (tertiary/aromatic N) is 3. The third-order valence-corrected chi connectivity index (χ3v) is 10.5. The van der Waals surface area contributed by atoms with Gasteiger partial charge in [0.05, 0.1) is 42.1 Å². The number of fused-ring (bicyclic) bond motifs is 1. The minimum atomic E-state index is -4.38. The number of carbonyl (C=O) groups excluding carboxylic acids is 1. The maximum atomic E-state index is 14.9. The van der Waals surface area contributed by atoms with Crippen molar-refractivity contribution in [2.75, 3.05) is 19.5 Å². The highest BCUT2D eigenvalue weighted by Crippen LogP contribution is 2.37. The SMILES string of the molecule is COc1ccc(CN(Cc2ccc(OC)cc2)S(=O)(=O)c2cc(NC(=O)Cc3ccccc3Cl)cc3c2c(Cl)nn3-c2ccc(F)cc2)cc1. The smallest absolute Gasteiger partial charge is 0.244 e. The molecule has 0 aliphatic heterocycles. The number of hydrogen-bond acceptors (Lipinski definition) is 6. The highest BCUT2D eigenvalue weighted by atomic mass is 35.5. The summed E-state index contributed by atoms with van der Waals surface area (Å²) in [5, 5.41) is 7.75. The number of rotatable bonds is 12. The average Bonchev–Trinajstić information content (AvgIpc) is 3.45. The predicted molar refractivity (Wildman–Crippen MR) is 192 cm³/mol. The van der Waals surface area contributed by atoms with E-state index in [4.69, 9.17) is 32.7 Å². The Labute approximate surface area is 298 Å². The molecule has 0 bridgehead atoms. The molecule has 0 fully saturated rings. The summed E-state index contributed by atoms with van der Waals surface area (Å²) in [6, 6.07) is 29.6. The third kappa shape index (κ3) is 7.61. The van der Waals surface area contributed by atoms with Gasteiger partial charge in [-0.25, -0.2) is 17.5 Å². The molecule has 9 nitrogen and oxygen atoms in total. The second-order valence-corrected chi connectivity index (χ2v) is 14.0. The lowest BCUT2D eigenvalue weighted by Gasteiger charge is -2.24. The van der Waals surface area contributed by atoms with Gasteiger partial charge in [-0.3, -0.25) is 4.79 Å². The zero-order chi connectivity index (χ0) is 35.4. The molecule has 6 aromatic rings. The van der Waals surface area contributed by atoms with Crippen LogP contribution < -0.4 is 14.8 Å².